The Morgan fingerprint density at radius 2 is 1.96 bits per heavy atom. The number of rotatable bonds is 6. The zero-order valence-electron chi connectivity index (χ0n) is 15.0. The van der Waals surface area contributed by atoms with E-state index in [1.807, 2.05) is 29.2 Å². The lowest BCUT2D eigenvalue weighted by molar-refractivity contribution is 0.129. The first-order valence-electron chi connectivity index (χ1n) is 9.21. The van der Waals surface area contributed by atoms with Crippen LogP contribution in [0.3, 0.4) is 0 Å². The Labute approximate surface area is 154 Å². The minimum atomic E-state index is -0.0388. The van der Waals surface area contributed by atoms with Crippen molar-refractivity contribution in [2.24, 2.45) is 5.92 Å². The first-order valence-corrected chi connectivity index (χ1v) is 9.21. The molecule has 1 saturated carbocycles. The highest BCUT2D eigenvalue weighted by atomic mass is 16.5. The molecule has 5 heteroatoms. The Bertz CT molecular complexity index is 759. The molecule has 1 saturated heterocycles. The second kappa shape index (κ2) is 7.38. The number of benzene rings is 2. The van der Waals surface area contributed by atoms with Crippen LogP contribution in [-0.2, 0) is 0 Å². The monoisotopic (exact) mass is 351 g/mol. The number of urea groups is 1. The van der Waals surface area contributed by atoms with Gasteiger partial charge in [-0.2, -0.15) is 0 Å². The maximum Gasteiger partial charge on any atom is 0.321 e. The molecular weight excluding hydrogens is 326 g/mol. The van der Waals surface area contributed by atoms with Gasteiger partial charge in [-0.05, 0) is 24.1 Å². The van der Waals surface area contributed by atoms with E-state index in [1.165, 1.54) is 12.0 Å². The standard InChI is InChI=1S/C21H25N3O2/c1-26-18-9-5-8-17(10-18)23-21(25)24-13-15(14-24)12-22-20-11-19(20)16-6-3-2-4-7-16/h2-10,15,19-20,22H,11-14H2,1H3,(H,23,25). The third-order valence-corrected chi connectivity index (χ3v) is 5.25. The molecule has 2 aliphatic rings. The van der Waals surface area contributed by atoms with Crippen molar-refractivity contribution in [3.05, 3.63) is 60.2 Å². The predicted octanol–water partition coefficient (Wildman–Crippen LogP) is 3.30. The Morgan fingerprint density at radius 1 is 1.15 bits per heavy atom. The van der Waals surface area contributed by atoms with E-state index in [1.54, 1.807) is 7.11 Å². The van der Waals surface area contributed by atoms with E-state index in [0.29, 0.717) is 17.9 Å². The number of nitrogens with zero attached hydrogens (tertiary/aromatic N) is 1. The highest BCUT2D eigenvalue weighted by Crippen LogP contribution is 2.40. The lowest BCUT2D eigenvalue weighted by Gasteiger charge is -2.39. The van der Waals surface area contributed by atoms with Crippen LogP contribution in [0.5, 0.6) is 5.75 Å². The van der Waals surface area contributed by atoms with Crippen molar-refractivity contribution in [3.8, 4) is 5.75 Å². The highest BCUT2D eigenvalue weighted by molar-refractivity contribution is 5.90. The summed E-state index contributed by atoms with van der Waals surface area (Å²) >= 11 is 0. The molecule has 2 atom stereocenters. The summed E-state index contributed by atoms with van der Waals surface area (Å²) in [4.78, 5) is 14.1. The molecule has 0 bridgehead atoms. The van der Waals surface area contributed by atoms with Crippen LogP contribution >= 0.6 is 0 Å². The summed E-state index contributed by atoms with van der Waals surface area (Å²) in [5.74, 6) is 1.94. The van der Waals surface area contributed by atoms with Crippen LogP contribution in [0.25, 0.3) is 0 Å². The van der Waals surface area contributed by atoms with E-state index in [-0.39, 0.29) is 6.03 Å². The molecule has 5 nitrogen and oxygen atoms in total. The summed E-state index contributed by atoms with van der Waals surface area (Å²) in [7, 11) is 1.62. The van der Waals surface area contributed by atoms with Gasteiger partial charge in [-0.15, -0.1) is 0 Å². The van der Waals surface area contributed by atoms with Gasteiger partial charge in [0, 0.05) is 49.3 Å². The van der Waals surface area contributed by atoms with Crippen LogP contribution < -0.4 is 15.4 Å². The number of amides is 2. The van der Waals surface area contributed by atoms with Crippen LogP contribution in [0.4, 0.5) is 10.5 Å². The van der Waals surface area contributed by atoms with Crippen molar-refractivity contribution >= 4 is 11.7 Å². The van der Waals surface area contributed by atoms with Crippen LogP contribution in [0, 0.1) is 5.92 Å². The number of carbonyl (C=O) groups is 1. The SMILES string of the molecule is COc1cccc(NC(=O)N2CC(CNC3CC3c3ccccc3)C2)c1. The Kier molecular flexibility index (Phi) is 4.80. The minimum absolute atomic E-state index is 0.0388. The number of anilines is 1. The van der Waals surface area contributed by atoms with Gasteiger partial charge in [0.25, 0.3) is 0 Å². The number of likely N-dealkylation sites (tertiary alicyclic amines) is 1. The number of hydrogen-bond acceptors (Lipinski definition) is 3. The van der Waals surface area contributed by atoms with E-state index in [9.17, 15) is 4.79 Å². The number of hydrogen-bond donors (Lipinski definition) is 2. The van der Waals surface area contributed by atoms with E-state index >= 15 is 0 Å². The third kappa shape index (κ3) is 3.83. The fourth-order valence-corrected chi connectivity index (χ4v) is 3.58. The van der Waals surface area contributed by atoms with E-state index in [4.69, 9.17) is 4.74 Å². The Balaban J connectivity index is 1.17. The molecule has 2 unspecified atom stereocenters. The van der Waals surface area contributed by atoms with Crippen molar-refractivity contribution in [1.29, 1.82) is 0 Å². The van der Waals surface area contributed by atoms with Gasteiger partial charge in [-0.1, -0.05) is 36.4 Å². The molecule has 2 aromatic rings. The van der Waals surface area contributed by atoms with Crippen LogP contribution in [0.15, 0.2) is 54.6 Å². The fourth-order valence-electron chi connectivity index (χ4n) is 3.58. The van der Waals surface area contributed by atoms with Crippen LogP contribution in [0.2, 0.25) is 0 Å². The summed E-state index contributed by atoms with van der Waals surface area (Å²) in [5.41, 5.74) is 2.19. The number of nitrogens with one attached hydrogen (secondary N) is 2. The molecule has 2 aromatic carbocycles. The van der Waals surface area contributed by atoms with Gasteiger partial charge >= 0.3 is 6.03 Å². The summed E-state index contributed by atoms with van der Waals surface area (Å²) in [6.07, 6.45) is 1.22. The smallest absolute Gasteiger partial charge is 0.321 e. The molecule has 1 aliphatic carbocycles. The first kappa shape index (κ1) is 16.9. The zero-order valence-corrected chi connectivity index (χ0v) is 15.0. The molecule has 0 spiro atoms. The van der Waals surface area contributed by atoms with Crippen LogP contribution in [0.1, 0.15) is 17.9 Å². The summed E-state index contributed by atoms with van der Waals surface area (Å²) in [6, 6.07) is 18.7. The average Bonchev–Trinajstić information content (AvgIpc) is 3.41. The maximum absolute atomic E-state index is 12.3. The highest BCUT2D eigenvalue weighted by Gasteiger charge is 2.39. The summed E-state index contributed by atoms with van der Waals surface area (Å²) in [6.45, 7) is 2.61. The average molecular weight is 351 g/mol. The van der Waals surface area contributed by atoms with E-state index in [2.05, 4.69) is 41.0 Å². The van der Waals surface area contributed by atoms with Crippen molar-refractivity contribution in [1.82, 2.24) is 10.2 Å². The van der Waals surface area contributed by atoms with Gasteiger partial charge in [0.2, 0.25) is 0 Å². The fraction of sp³-hybridized carbons (Fsp3) is 0.381. The normalized spacial score (nSPS) is 21.8. The molecule has 2 N–H and O–H groups in total. The van der Waals surface area contributed by atoms with Crippen molar-refractivity contribution in [2.45, 2.75) is 18.4 Å². The first-order chi connectivity index (χ1) is 12.7. The Hall–Kier alpha value is -2.53. The van der Waals surface area contributed by atoms with Gasteiger partial charge in [0.1, 0.15) is 5.75 Å². The quantitative estimate of drug-likeness (QED) is 0.840. The second-order valence-corrected chi connectivity index (χ2v) is 7.20. The van der Waals surface area contributed by atoms with E-state index < -0.39 is 0 Å². The summed E-state index contributed by atoms with van der Waals surface area (Å²) < 4.78 is 5.18. The number of methoxy groups -OCH3 is 1. The van der Waals surface area contributed by atoms with Gasteiger partial charge < -0.3 is 20.3 Å². The molecule has 136 valence electrons. The third-order valence-electron chi connectivity index (χ3n) is 5.25. The molecule has 0 aromatic heterocycles. The van der Waals surface area contributed by atoms with Gasteiger partial charge in [-0.3, -0.25) is 0 Å². The minimum Gasteiger partial charge on any atom is -0.497 e. The lowest BCUT2D eigenvalue weighted by atomic mass is 10.0. The molecule has 1 aliphatic heterocycles. The summed E-state index contributed by atoms with van der Waals surface area (Å²) in [5, 5.41) is 6.59. The van der Waals surface area contributed by atoms with Crippen molar-refractivity contribution in [3.63, 3.8) is 0 Å². The zero-order chi connectivity index (χ0) is 17.9. The van der Waals surface area contributed by atoms with Gasteiger partial charge in [-0.25, -0.2) is 4.79 Å². The topological polar surface area (TPSA) is 53.6 Å². The number of carbonyl (C=O) groups excluding carboxylic acids is 1. The lowest BCUT2D eigenvalue weighted by Crippen LogP contribution is -2.54. The maximum atomic E-state index is 12.3. The predicted molar refractivity (Wildman–Crippen MR) is 103 cm³/mol. The van der Waals surface area contributed by atoms with Gasteiger partial charge in [0.05, 0.1) is 7.11 Å². The molecule has 1 heterocycles. The second-order valence-electron chi connectivity index (χ2n) is 7.20. The molecule has 2 amide bonds. The Morgan fingerprint density at radius 3 is 2.73 bits per heavy atom. The molecule has 2 fully saturated rings. The molecule has 0 radical (unpaired) electrons. The largest absolute Gasteiger partial charge is 0.497 e. The molecular formula is C21H25N3O2. The molecule has 4 rings (SSSR count). The molecule has 26 heavy (non-hydrogen) atoms. The van der Waals surface area contributed by atoms with E-state index in [0.717, 1.165) is 31.1 Å². The van der Waals surface area contributed by atoms with Gasteiger partial charge in [0.15, 0.2) is 0 Å². The number of ether oxygens (including phenoxy) is 1. The van der Waals surface area contributed by atoms with Crippen molar-refractivity contribution in [2.75, 3.05) is 32.1 Å². The van der Waals surface area contributed by atoms with Crippen LogP contribution in [-0.4, -0.2) is 43.7 Å². The van der Waals surface area contributed by atoms with Crippen molar-refractivity contribution < 1.29 is 9.53 Å².